The van der Waals surface area contributed by atoms with Gasteiger partial charge < -0.3 is 33.2 Å². The summed E-state index contributed by atoms with van der Waals surface area (Å²) in [6, 6.07) is 5.92. The molecule has 0 saturated carbocycles. The topological polar surface area (TPSA) is 77.0 Å². The Morgan fingerprint density at radius 1 is 0.871 bits per heavy atom. The molecular formula is C22H24FNO7. The Kier molecular flexibility index (Phi) is 3.97. The zero-order valence-electron chi connectivity index (χ0n) is 17.7. The van der Waals surface area contributed by atoms with Crippen LogP contribution in [-0.4, -0.2) is 47.9 Å². The Labute approximate surface area is 178 Å². The minimum atomic E-state index is -1.20. The second-order valence-corrected chi connectivity index (χ2v) is 9.20. The van der Waals surface area contributed by atoms with E-state index < -0.39 is 42.1 Å². The number of rotatable bonds is 1. The molecule has 0 N–H and O–H groups in total. The first-order valence-electron chi connectivity index (χ1n) is 10.5. The molecule has 0 amide bonds. The van der Waals surface area contributed by atoms with Gasteiger partial charge in [0.15, 0.2) is 35.8 Å². The monoisotopic (exact) mass is 433 g/mol. The first kappa shape index (κ1) is 19.6. The largest absolute Gasteiger partial charge is 0.462 e. The molecule has 0 aromatic heterocycles. The van der Waals surface area contributed by atoms with E-state index in [9.17, 15) is 4.39 Å². The van der Waals surface area contributed by atoms with Gasteiger partial charge in [-0.2, -0.15) is 0 Å². The highest BCUT2D eigenvalue weighted by molar-refractivity contribution is 5.99. The van der Waals surface area contributed by atoms with Gasteiger partial charge in [0.05, 0.1) is 5.69 Å². The van der Waals surface area contributed by atoms with Crippen molar-refractivity contribution in [1.29, 1.82) is 0 Å². The van der Waals surface area contributed by atoms with Crippen LogP contribution in [0.15, 0.2) is 40.8 Å². The molecule has 5 aliphatic rings. The van der Waals surface area contributed by atoms with E-state index in [0.717, 1.165) is 0 Å². The molecule has 0 unspecified atom stereocenters. The second-order valence-electron chi connectivity index (χ2n) is 9.20. The Bertz CT molecular complexity index is 988. The number of fused-ring (bicyclic) bond motifs is 3. The number of hydrogen-bond acceptors (Lipinski definition) is 8. The molecule has 0 radical (unpaired) electrons. The fourth-order valence-corrected chi connectivity index (χ4v) is 4.69. The SMILES string of the molecule is CC1(C)O[C@H]2O[C@@]3(CCC4=C(O3)[C@H]3OC(C)(C)O[C@H]3O4)C(=Nc3ccc(F)cc3)[C@H]2O1. The molecule has 0 bridgehead atoms. The van der Waals surface area contributed by atoms with Crippen molar-refractivity contribution in [2.45, 2.75) is 82.7 Å². The fraction of sp³-hybridized carbons (Fsp3) is 0.591. The van der Waals surface area contributed by atoms with Crippen LogP contribution in [0.3, 0.4) is 0 Å². The van der Waals surface area contributed by atoms with Gasteiger partial charge in [-0.25, -0.2) is 9.38 Å². The quantitative estimate of drug-likeness (QED) is 0.669. The molecule has 5 aliphatic heterocycles. The van der Waals surface area contributed by atoms with E-state index in [0.29, 0.717) is 35.8 Å². The highest BCUT2D eigenvalue weighted by Gasteiger charge is 2.65. The highest BCUT2D eigenvalue weighted by atomic mass is 19.1. The highest BCUT2D eigenvalue weighted by Crippen LogP contribution is 2.51. The van der Waals surface area contributed by atoms with Crippen molar-refractivity contribution in [3.63, 3.8) is 0 Å². The molecule has 31 heavy (non-hydrogen) atoms. The molecule has 0 aliphatic carbocycles. The Morgan fingerprint density at radius 3 is 2.29 bits per heavy atom. The van der Waals surface area contributed by atoms with Gasteiger partial charge in [-0.1, -0.05) is 0 Å². The maximum atomic E-state index is 13.4. The molecule has 3 fully saturated rings. The summed E-state index contributed by atoms with van der Waals surface area (Å²) in [6.45, 7) is 7.30. The maximum Gasteiger partial charge on any atom is 0.255 e. The van der Waals surface area contributed by atoms with E-state index >= 15 is 0 Å². The van der Waals surface area contributed by atoms with Crippen molar-refractivity contribution in [2.75, 3.05) is 0 Å². The smallest absolute Gasteiger partial charge is 0.255 e. The van der Waals surface area contributed by atoms with Crippen molar-refractivity contribution in [1.82, 2.24) is 0 Å². The molecular weight excluding hydrogens is 409 g/mol. The van der Waals surface area contributed by atoms with Crippen molar-refractivity contribution in [3.05, 3.63) is 41.6 Å². The molecule has 8 nitrogen and oxygen atoms in total. The normalized spacial score (nSPS) is 40.6. The van der Waals surface area contributed by atoms with Crippen LogP contribution in [-0.2, 0) is 33.2 Å². The standard InChI is InChI=1S/C22H24FNO7/c1-20(2)26-15-14-13(25-18(15)29-20)9-10-22(28-14)17(24-12-7-5-11(23)6-8-12)16-19(31-22)30-21(3,4)27-16/h5-8,15-16,18-19H,9-10H2,1-4H3/t15-,16-,18-,19+,22+/m1/s1. The van der Waals surface area contributed by atoms with E-state index in [1.54, 1.807) is 12.1 Å². The van der Waals surface area contributed by atoms with Crippen molar-refractivity contribution in [3.8, 4) is 0 Å². The van der Waals surface area contributed by atoms with Gasteiger partial charge in [-0.3, -0.25) is 0 Å². The molecule has 5 atom stereocenters. The van der Waals surface area contributed by atoms with Gasteiger partial charge in [-0.05, 0) is 52.0 Å². The summed E-state index contributed by atoms with van der Waals surface area (Å²) in [7, 11) is 0. The molecule has 5 heterocycles. The zero-order chi connectivity index (χ0) is 21.6. The number of nitrogens with zero attached hydrogens (tertiary/aromatic N) is 1. The molecule has 1 spiro atoms. The van der Waals surface area contributed by atoms with E-state index in [2.05, 4.69) is 0 Å². The van der Waals surface area contributed by atoms with Crippen LogP contribution in [0.1, 0.15) is 40.5 Å². The Morgan fingerprint density at radius 2 is 1.55 bits per heavy atom. The number of aliphatic imine (C=N–C) groups is 1. The summed E-state index contributed by atoms with van der Waals surface area (Å²) in [5.74, 6) is -1.90. The van der Waals surface area contributed by atoms with E-state index in [1.807, 2.05) is 27.7 Å². The fourth-order valence-electron chi connectivity index (χ4n) is 4.69. The lowest BCUT2D eigenvalue weighted by Crippen LogP contribution is -2.46. The Hall–Kier alpha value is -2.04. The average molecular weight is 433 g/mol. The van der Waals surface area contributed by atoms with Crippen LogP contribution in [0.4, 0.5) is 10.1 Å². The molecule has 9 heteroatoms. The predicted octanol–water partition coefficient (Wildman–Crippen LogP) is 3.63. The number of halogens is 1. The summed E-state index contributed by atoms with van der Waals surface area (Å²) in [5.41, 5.74) is 1.11. The van der Waals surface area contributed by atoms with Gasteiger partial charge >= 0.3 is 0 Å². The van der Waals surface area contributed by atoms with Crippen LogP contribution < -0.4 is 0 Å². The van der Waals surface area contributed by atoms with Gasteiger partial charge in [0.2, 0.25) is 6.29 Å². The number of ether oxygens (including phenoxy) is 7. The number of benzene rings is 1. The van der Waals surface area contributed by atoms with Gasteiger partial charge in [0.1, 0.15) is 17.3 Å². The van der Waals surface area contributed by atoms with Gasteiger partial charge in [0.25, 0.3) is 5.79 Å². The van der Waals surface area contributed by atoms with Gasteiger partial charge in [-0.15, -0.1) is 0 Å². The third-order valence-corrected chi connectivity index (χ3v) is 5.91. The summed E-state index contributed by atoms with van der Waals surface area (Å²) >= 11 is 0. The summed E-state index contributed by atoms with van der Waals surface area (Å²) in [6.07, 6.45) is -1.27. The molecule has 1 aromatic rings. The first-order valence-corrected chi connectivity index (χ1v) is 10.5. The molecule has 1 aromatic carbocycles. The van der Waals surface area contributed by atoms with Crippen LogP contribution in [0.5, 0.6) is 0 Å². The van der Waals surface area contributed by atoms with Crippen molar-refractivity contribution < 1.29 is 37.5 Å². The lowest BCUT2D eigenvalue weighted by atomic mass is 9.98. The first-order chi connectivity index (χ1) is 14.6. The molecule has 166 valence electrons. The van der Waals surface area contributed by atoms with Crippen LogP contribution in [0.2, 0.25) is 0 Å². The van der Waals surface area contributed by atoms with E-state index in [4.69, 9.17) is 38.2 Å². The average Bonchev–Trinajstić information content (AvgIpc) is 3.33. The van der Waals surface area contributed by atoms with Crippen molar-refractivity contribution in [2.24, 2.45) is 4.99 Å². The van der Waals surface area contributed by atoms with E-state index in [1.165, 1.54) is 12.1 Å². The van der Waals surface area contributed by atoms with Crippen LogP contribution >= 0.6 is 0 Å². The third-order valence-electron chi connectivity index (χ3n) is 5.91. The summed E-state index contributed by atoms with van der Waals surface area (Å²) < 4.78 is 56.0. The summed E-state index contributed by atoms with van der Waals surface area (Å²) in [5, 5.41) is 0. The zero-order valence-corrected chi connectivity index (χ0v) is 17.7. The molecule has 3 saturated heterocycles. The summed E-state index contributed by atoms with van der Waals surface area (Å²) in [4.78, 5) is 4.77. The minimum Gasteiger partial charge on any atom is -0.462 e. The lowest BCUT2D eigenvalue weighted by molar-refractivity contribution is -0.271. The van der Waals surface area contributed by atoms with E-state index in [-0.39, 0.29) is 5.82 Å². The van der Waals surface area contributed by atoms with Crippen LogP contribution in [0.25, 0.3) is 0 Å². The Balaban J connectivity index is 1.37. The minimum absolute atomic E-state index is 0.334. The number of hydrogen-bond donors (Lipinski definition) is 0. The third kappa shape index (κ3) is 3.10. The van der Waals surface area contributed by atoms with Crippen LogP contribution in [0, 0.1) is 5.82 Å². The molecule has 6 rings (SSSR count). The predicted molar refractivity (Wildman–Crippen MR) is 103 cm³/mol. The number of allylic oxidation sites excluding steroid dienone is 1. The van der Waals surface area contributed by atoms with Crippen molar-refractivity contribution >= 4 is 11.4 Å². The van der Waals surface area contributed by atoms with Gasteiger partial charge in [0, 0.05) is 12.8 Å². The second kappa shape index (κ2) is 6.26. The lowest BCUT2D eigenvalue weighted by Gasteiger charge is -2.36. The maximum absolute atomic E-state index is 13.4.